The zero-order valence-electron chi connectivity index (χ0n) is 11.2. The van der Waals surface area contributed by atoms with Crippen molar-refractivity contribution in [1.82, 2.24) is 9.88 Å². The van der Waals surface area contributed by atoms with E-state index >= 15 is 0 Å². The Morgan fingerprint density at radius 3 is 2.88 bits per heavy atom. The second-order valence-electron chi connectivity index (χ2n) is 4.15. The first kappa shape index (κ1) is 13.9. The fraction of sp³-hybridized carbons (Fsp3) is 0.615. The predicted molar refractivity (Wildman–Crippen MR) is 71.2 cm³/mol. The highest BCUT2D eigenvalue weighted by Crippen LogP contribution is 2.11. The zero-order valence-corrected chi connectivity index (χ0v) is 11.2. The third-order valence-electron chi connectivity index (χ3n) is 2.91. The highest BCUT2D eigenvalue weighted by atomic mass is 16.5. The first-order valence-corrected chi connectivity index (χ1v) is 6.07. The first-order chi connectivity index (χ1) is 8.21. The lowest BCUT2D eigenvalue weighted by atomic mass is 10.2. The van der Waals surface area contributed by atoms with Gasteiger partial charge in [-0.05, 0) is 25.6 Å². The van der Waals surface area contributed by atoms with E-state index in [0.717, 1.165) is 31.1 Å². The summed E-state index contributed by atoms with van der Waals surface area (Å²) in [6.45, 7) is 6.94. The molecule has 1 rings (SSSR count). The Labute approximate surface area is 104 Å². The minimum atomic E-state index is 0.407. The number of pyridine rings is 1. The number of nitrogens with one attached hydrogen (secondary N) is 1. The van der Waals surface area contributed by atoms with E-state index in [1.807, 2.05) is 19.3 Å². The van der Waals surface area contributed by atoms with Gasteiger partial charge in [-0.2, -0.15) is 0 Å². The Kier molecular flexibility index (Phi) is 5.94. The molecule has 0 spiro atoms. The highest BCUT2D eigenvalue weighted by molar-refractivity contribution is 5.42. The summed E-state index contributed by atoms with van der Waals surface area (Å²) in [4.78, 5) is 6.75. The van der Waals surface area contributed by atoms with Crippen LogP contribution in [-0.2, 0) is 11.3 Å². The summed E-state index contributed by atoms with van der Waals surface area (Å²) in [6, 6.07) is 4.46. The van der Waals surface area contributed by atoms with Crippen LogP contribution in [0.15, 0.2) is 18.3 Å². The van der Waals surface area contributed by atoms with Crippen LogP contribution in [0.1, 0.15) is 19.5 Å². The van der Waals surface area contributed by atoms with E-state index in [2.05, 4.69) is 35.1 Å². The quantitative estimate of drug-likeness (QED) is 0.787. The van der Waals surface area contributed by atoms with Crippen molar-refractivity contribution in [1.29, 1.82) is 0 Å². The lowest BCUT2D eigenvalue weighted by molar-refractivity contribution is 0.0974. The second-order valence-corrected chi connectivity index (χ2v) is 4.15. The maximum absolute atomic E-state index is 5.19. The van der Waals surface area contributed by atoms with Gasteiger partial charge >= 0.3 is 0 Å². The fourth-order valence-electron chi connectivity index (χ4n) is 1.85. The summed E-state index contributed by atoms with van der Waals surface area (Å²) >= 11 is 0. The molecule has 0 aliphatic heterocycles. The van der Waals surface area contributed by atoms with E-state index in [9.17, 15) is 0 Å². The number of nitrogens with zero attached hydrogens (tertiary/aromatic N) is 2. The van der Waals surface area contributed by atoms with Gasteiger partial charge in [0.25, 0.3) is 0 Å². The predicted octanol–water partition coefficient (Wildman–Crippen LogP) is 1.98. The molecule has 0 aromatic carbocycles. The summed E-state index contributed by atoms with van der Waals surface area (Å²) in [5.41, 5.74) is 2.19. The molecule has 1 aromatic rings. The van der Waals surface area contributed by atoms with Crippen LogP contribution in [0.2, 0.25) is 0 Å². The number of methoxy groups -OCH3 is 1. The lowest BCUT2D eigenvalue weighted by Crippen LogP contribution is -2.35. The van der Waals surface area contributed by atoms with Crippen LogP contribution in [0, 0.1) is 0 Å². The van der Waals surface area contributed by atoms with Crippen LogP contribution in [0.25, 0.3) is 0 Å². The maximum atomic E-state index is 5.19. The maximum Gasteiger partial charge on any atom is 0.0615 e. The van der Waals surface area contributed by atoms with Gasteiger partial charge in [0, 0.05) is 38.6 Å². The Morgan fingerprint density at radius 2 is 2.29 bits per heavy atom. The standard InChI is InChI=1S/C13H23N3O/c1-5-16(11(2)10-17-4)9-13-8-12(14-3)6-7-15-13/h6-8,11H,5,9-10H2,1-4H3,(H,14,15). The van der Waals surface area contributed by atoms with Crippen LogP contribution in [0.5, 0.6) is 0 Å². The van der Waals surface area contributed by atoms with Crippen LogP contribution in [0.3, 0.4) is 0 Å². The van der Waals surface area contributed by atoms with Crippen molar-refractivity contribution in [2.24, 2.45) is 0 Å². The monoisotopic (exact) mass is 237 g/mol. The minimum absolute atomic E-state index is 0.407. The molecule has 0 saturated heterocycles. The fourth-order valence-corrected chi connectivity index (χ4v) is 1.85. The number of hydrogen-bond acceptors (Lipinski definition) is 4. The van der Waals surface area contributed by atoms with E-state index in [0.29, 0.717) is 6.04 Å². The van der Waals surface area contributed by atoms with Gasteiger partial charge in [-0.25, -0.2) is 0 Å². The lowest BCUT2D eigenvalue weighted by Gasteiger charge is -2.26. The molecule has 0 amide bonds. The average Bonchev–Trinajstić information content (AvgIpc) is 2.36. The summed E-state index contributed by atoms with van der Waals surface area (Å²) in [6.07, 6.45) is 1.84. The largest absolute Gasteiger partial charge is 0.388 e. The second kappa shape index (κ2) is 7.25. The van der Waals surface area contributed by atoms with Crippen molar-refractivity contribution in [3.05, 3.63) is 24.0 Å². The molecule has 1 heterocycles. The summed E-state index contributed by atoms with van der Waals surface area (Å²) in [5.74, 6) is 0. The number of aromatic nitrogens is 1. The summed E-state index contributed by atoms with van der Waals surface area (Å²) < 4.78 is 5.19. The average molecular weight is 237 g/mol. The molecule has 96 valence electrons. The van der Waals surface area contributed by atoms with E-state index in [4.69, 9.17) is 4.74 Å². The molecule has 1 atom stereocenters. The van der Waals surface area contributed by atoms with E-state index < -0.39 is 0 Å². The molecule has 17 heavy (non-hydrogen) atoms. The van der Waals surface area contributed by atoms with Crippen molar-refractivity contribution >= 4 is 5.69 Å². The Morgan fingerprint density at radius 1 is 1.53 bits per heavy atom. The van der Waals surface area contributed by atoms with Crippen LogP contribution >= 0.6 is 0 Å². The van der Waals surface area contributed by atoms with Gasteiger partial charge in [0.15, 0.2) is 0 Å². The molecule has 0 aliphatic carbocycles. The van der Waals surface area contributed by atoms with Crippen molar-refractivity contribution < 1.29 is 4.74 Å². The SMILES string of the molecule is CCN(Cc1cc(NC)ccn1)C(C)COC. The van der Waals surface area contributed by atoms with Gasteiger partial charge in [-0.1, -0.05) is 6.92 Å². The molecule has 4 nitrogen and oxygen atoms in total. The van der Waals surface area contributed by atoms with Gasteiger partial charge < -0.3 is 10.1 Å². The topological polar surface area (TPSA) is 37.4 Å². The third kappa shape index (κ3) is 4.32. The molecule has 0 fully saturated rings. The number of hydrogen-bond donors (Lipinski definition) is 1. The smallest absolute Gasteiger partial charge is 0.0615 e. The molecule has 1 aromatic heterocycles. The molecule has 0 bridgehead atoms. The highest BCUT2D eigenvalue weighted by Gasteiger charge is 2.12. The first-order valence-electron chi connectivity index (χ1n) is 6.07. The number of likely N-dealkylation sites (N-methyl/N-ethyl adjacent to an activating group) is 1. The molecule has 1 N–H and O–H groups in total. The van der Waals surface area contributed by atoms with E-state index in [-0.39, 0.29) is 0 Å². The molecule has 4 heteroatoms. The Balaban J connectivity index is 2.66. The molecule has 0 aliphatic rings. The van der Waals surface area contributed by atoms with Crippen LogP contribution in [0.4, 0.5) is 5.69 Å². The summed E-state index contributed by atoms with van der Waals surface area (Å²) in [7, 11) is 3.66. The number of ether oxygens (including phenoxy) is 1. The van der Waals surface area contributed by atoms with Crippen molar-refractivity contribution in [3.63, 3.8) is 0 Å². The van der Waals surface area contributed by atoms with Crippen LogP contribution in [-0.4, -0.2) is 43.2 Å². The number of rotatable bonds is 7. The molecule has 1 unspecified atom stereocenters. The molecular formula is C13H23N3O. The van der Waals surface area contributed by atoms with Gasteiger partial charge in [0.2, 0.25) is 0 Å². The normalized spacial score (nSPS) is 12.8. The minimum Gasteiger partial charge on any atom is -0.388 e. The van der Waals surface area contributed by atoms with Crippen LogP contribution < -0.4 is 5.32 Å². The zero-order chi connectivity index (χ0) is 12.7. The Hall–Kier alpha value is -1.13. The van der Waals surface area contributed by atoms with Crippen molar-refractivity contribution in [2.45, 2.75) is 26.4 Å². The van der Waals surface area contributed by atoms with E-state index in [1.54, 1.807) is 7.11 Å². The van der Waals surface area contributed by atoms with Gasteiger partial charge in [-0.3, -0.25) is 9.88 Å². The third-order valence-corrected chi connectivity index (χ3v) is 2.91. The van der Waals surface area contributed by atoms with Gasteiger partial charge in [0.05, 0.1) is 12.3 Å². The summed E-state index contributed by atoms with van der Waals surface area (Å²) in [5, 5.41) is 3.13. The molecular weight excluding hydrogens is 214 g/mol. The number of anilines is 1. The molecule has 0 saturated carbocycles. The Bertz CT molecular complexity index is 330. The van der Waals surface area contributed by atoms with E-state index in [1.165, 1.54) is 0 Å². The van der Waals surface area contributed by atoms with Gasteiger partial charge in [-0.15, -0.1) is 0 Å². The van der Waals surface area contributed by atoms with Gasteiger partial charge in [0.1, 0.15) is 0 Å². The molecule has 0 radical (unpaired) electrons. The van der Waals surface area contributed by atoms with Crippen molar-refractivity contribution in [2.75, 3.05) is 32.6 Å². The van der Waals surface area contributed by atoms with Crippen molar-refractivity contribution in [3.8, 4) is 0 Å².